The van der Waals surface area contributed by atoms with Crippen molar-refractivity contribution in [1.82, 2.24) is 9.78 Å². The summed E-state index contributed by atoms with van der Waals surface area (Å²) in [6.45, 7) is 1.82. The van der Waals surface area contributed by atoms with Crippen LogP contribution in [0.4, 0.5) is 5.69 Å². The number of nitrogens with zero attached hydrogens (tertiary/aromatic N) is 2. The van der Waals surface area contributed by atoms with Crippen LogP contribution in [-0.2, 0) is 10.0 Å². The van der Waals surface area contributed by atoms with Gasteiger partial charge in [0, 0.05) is 17.4 Å². The Morgan fingerprint density at radius 2 is 1.91 bits per heavy atom. The lowest BCUT2D eigenvalue weighted by Gasteiger charge is -2.13. The van der Waals surface area contributed by atoms with E-state index in [1.54, 1.807) is 47.4 Å². The van der Waals surface area contributed by atoms with E-state index in [2.05, 4.69) is 9.82 Å². The van der Waals surface area contributed by atoms with E-state index in [0.717, 1.165) is 5.56 Å². The summed E-state index contributed by atoms with van der Waals surface area (Å²) < 4.78 is 29.4. The highest BCUT2D eigenvalue weighted by Gasteiger charge is 2.17. The molecule has 2 aromatic carbocycles. The molecule has 0 amide bonds. The van der Waals surface area contributed by atoms with Gasteiger partial charge in [-0.3, -0.25) is 4.72 Å². The van der Waals surface area contributed by atoms with E-state index in [9.17, 15) is 8.42 Å². The zero-order valence-corrected chi connectivity index (χ0v) is 13.8. The molecule has 3 aromatic rings. The average molecular weight is 348 g/mol. The number of aryl methyl sites for hydroxylation is 1. The summed E-state index contributed by atoms with van der Waals surface area (Å²) in [6.07, 6.45) is 3.38. The normalized spacial score (nSPS) is 11.4. The lowest BCUT2D eigenvalue weighted by atomic mass is 10.2. The highest BCUT2D eigenvalue weighted by atomic mass is 35.5. The Bertz CT molecular complexity index is 938. The third kappa shape index (κ3) is 3.23. The first-order valence-electron chi connectivity index (χ1n) is 6.85. The van der Waals surface area contributed by atoms with Crippen LogP contribution in [0.25, 0.3) is 5.69 Å². The number of rotatable bonds is 4. The minimum atomic E-state index is -3.74. The lowest BCUT2D eigenvalue weighted by Crippen LogP contribution is -2.15. The van der Waals surface area contributed by atoms with Gasteiger partial charge in [-0.15, -0.1) is 0 Å². The molecule has 118 valence electrons. The first-order valence-corrected chi connectivity index (χ1v) is 8.71. The van der Waals surface area contributed by atoms with Crippen LogP contribution in [0, 0.1) is 6.92 Å². The van der Waals surface area contributed by atoms with E-state index >= 15 is 0 Å². The minimum absolute atomic E-state index is 0.114. The molecule has 0 spiro atoms. The smallest absolute Gasteiger partial charge is 0.262 e. The average Bonchev–Trinajstić information content (AvgIpc) is 3.04. The summed E-state index contributed by atoms with van der Waals surface area (Å²) in [4.78, 5) is 0.114. The Kier molecular flexibility index (Phi) is 4.11. The second-order valence-corrected chi connectivity index (χ2v) is 7.07. The maximum absolute atomic E-state index is 12.6. The van der Waals surface area contributed by atoms with Gasteiger partial charge in [-0.25, -0.2) is 13.1 Å². The topological polar surface area (TPSA) is 64.0 Å². The Hall–Kier alpha value is -2.31. The molecule has 0 aliphatic carbocycles. The summed E-state index contributed by atoms with van der Waals surface area (Å²) >= 11 is 6.03. The van der Waals surface area contributed by atoms with E-state index < -0.39 is 10.0 Å². The molecule has 0 aliphatic rings. The van der Waals surface area contributed by atoms with Gasteiger partial charge in [0.1, 0.15) is 0 Å². The van der Waals surface area contributed by atoms with E-state index in [-0.39, 0.29) is 4.90 Å². The molecule has 1 N–H and O–H groups in total. The number of hydrogen-bond acceptors (Lipinski definition) is 3. The fourth-order valence-corrected chi connectivity index (χ4v) is 3.46. The van der Waals surface area contributed by atoms with Gasteiger partial charge in [0.05, 0.1) is 16.3 Å². The Morgan fingerprint density at radius 1 is 1.13 bits per heavy atom. The SMILES string of the molecule is Cc1ccc(S(=O)(=O)Nc2ccccc2-n2cccn2)cc1Cl. The molecule has 0 atom stereocenters. The van der Waals surface area contributed by atoms with Gasteiger partial charge in [0.25, 0.3) is 10.0 Å². The number of benzene rings is 2. The molecule has 0 radical (unpaired) electrons. The zero-order chi connectivity index (χ0) is 16.4. The third-order valence-corrected chi connectivity index (χ3v) is 5.12. The van der Waals surface area contributed by atoms with Crippen LogP contribution >= 0.6 is 11.6 Å². The van der Waals surface area contributed by atoms with Crippen molar-refractivity contribution in [1.29, 1.82) is 0 Å². The zero-order valence-electron chi connectivity index (χ0n) is 12.3. The minimum Gasteiger partial charge on any atom is -0.277 e. The summed E-state index contributed by atoms with van der Waals surface area (Å²) in [5.74, 6) is 0. The molecule has 0 saturated heterocycles. The van der Waals surface area contributed by atoms with Crippen LogP contribution in [0.5, 0.6) is 0 Å². The number of nitrogens with one attached hydrogen (secondary N) is 1. The number of halogens is 1. The van der Waals surface area contributed by atoms with Gasteiger partial charge < -0.3 is 0 Å². The Morgan fingerprint density at radius 3 is 2.61 bits per heavy atom. The van der Waals surface area contributed by atoms with Gasteiger partial charge in [-0.2, -0.15) is 5.10 Å². The van der Waals surface area contributed by atoms with Crippen LogP contribution in [-0.4, -0.2) is 18.2 Å². The third-order valence-electron chi connectivity index (χ3n) is 3.35. The van der Waals surface area contributed by atoms with Crippen molar-refractivity contribution >= 4 is 27.3 Å². The predicted octanol–water partition coefficient (Wildman–Crippen LogP) is 3.63. The summed E-state index contributed by atoms with van der Waals surface area (Å²) in [5, 5.41) is 4.55. The summed E-state index contributed by atoms with van der Waals surface area (Å²) in [6, 6.07) is 13.5. The maximum atomic E-state index is 12.6. The van der Waals surface area contributed by atoms with Crippen LogP contribution < -0.4 is 4.72 Å². The number of aromatic nitrogens is 2. The Balaban J connectivity index is 2.00. The van der Waals surface area contributed by atoms with Gasteiger partial charge in [0.2, 0.25) is 0 Å². The molecule has 1 aromatic heterocycles. The Labute approximate surface area is 139 Å². The molecule has 5 nitrogen and oxygen atoms in total. The van der Waals surface area contributed by atoms with Crippen molar-refractivity contribution in [3.8, 4) is 5.69 Å². The molecule has 0 saturated carbocycles. The van der Waals surface area contributed by atoms with Crippen LogP contribution in [0.1, 0.15) is 5.56 Å². The quantitative estimate of drug-likeness (QED) is 0.783. The standard InChI is InChI=1S/C16H14ClN3O2S/c1-12-7-8-13(11-14(12)17)23(21,22)19-15-5-2-3-6-16(15)20-10-4-9-18-20/h2-11,19H,1H3. The predicted molar refractivity (Wildman–Crippen MR) is 90.6 cm³/mol. The molecular weight excluding hydrogens is 334 g/mol. The van der Waals surface area contributed by atoms with Crippen molar-refractivity contribution in [2.24, 2.45) is 0 Å². The summed E-state index contributed by atoms with van der Waals surface area (Å²) in [5.41, 5.74) is 1.90. The molecule has 0 unspecified atom stereocenters. The van der Waals surface area contributed by atoms with E-state index in [4.69, 9.17) is 11.6 Å². The first-order chi connectivity index (χ1) is 11.0. The molecule has 0 bridgehead atoms. The fourth-order valence-electron chi connectivity index (χ4n) is 2.12. The second kappa shape index (κ2) is 6.06. The van der Waals surface area contributed by atoms with E-state index in [1.807, 2.05) is 13.0 Å². The van der Waals surface area contributed by atoms with Crippen LogP contribution in [0.2, 0.25) is 5.02 Å². The first kappa shape index (κ1) is 15.6. The molecule has 1 heterocycles. The number of sulfonamides is 1. The van der Waals surface area contributed by atoms with Gasteiger partial charge >= 0.3 is 0 Å². The fraction of sp³-hybridized carbons (Fsp3) is 0.0625. The molecule has 0 fully saturated rings. The molecular formula is C16H14ClN3O2S. The molecule has 3 rings (SSSR count). The second-order valence-electron chi connectivity index (χ2n) is 4.98. The number of hydrogen-bond donors (Lipinski definition) is 1. The lowest BCUT2D eigenvalue weighted by molar-refractivity contribution is 0.601. The summed E-state index contributed by atoms with van der Waals surface area (Å²) in [7, 11) is -3.74. The monoisotopic (exact) mass is 347 g/mol. The van der Waals surface area contributed by atoms with Gasteiger partial charge in [-0.05, 0) is 42.8 Å². The highest BCUT2D eigenvalue weighted by molar-refractivity contribution is 7.92. The number of anilines is 1. The van der Waals surface area contributed by atoms with Crippen molar-refractivity contribution in [3.63, 3.8) is 0 Å². The van der Waals surface area contributed by atoms with Gasteiger partial charge in [0.15, 0.2) is 0 Å². The van der Waals surface area contributed by atoms with Crippen molar-refractivity contribution < 1.29 is 8.42 Å². The number of para-hydroxylation sites is 2. The van der Waals surface area contributed by atoms with Crippen LogP contribution in [0.3, 0.4) is 0 Å². The van der Waals surface area contributed by atoms with E-state index in [0.29, 0.717) is 16.4 Å². The highest BCUT2D eigenvalue weighted by Crippen LogP contribution is 2.25. The maximum Gasteiger partial charge on any atom is 0.262 e. The molecule has 7 heteroatoms. The van der Waals surface area contributed by atoms with Gasteiger partial charge in [-0.1, -0.05) is 29.8 Å². The van der Waals surface area contributed by atoms with E-state index in [1.165, 1.54) is 12.1 Å². The van der Waals surface area contributed by atoms with Crippen molar-refractivity contribution in [3.05, 3.63) is 71.5 Å². The van der Waals surface area contributed by atoms with Crippen molar-refractivity contribution in [2.75, 3.05) is 4.72 Å². The molecule has 0 aliphatic heterocycles. The largest absolute Gasteiger partial charge is 0.277 e. The molecule has 23 heavy (non-hydrogen) atoms. The van der Waals surface area contributed by atoms with Crippen molar-refractivity contribution in [2.45, 2.75) is 11.8 Å². The van der Waals surface area contributed by atoms with Crippen LogP contribution in [0.15, 0.2) is 65.8 Å².